The van der Waals surface area contributed by atoms with Crippen LogP contribution in [0.4, 0.5) is 4.79 Å². The number of carbonyl (C=O) groups excluding carboxylic acids is 3. The lowest BCUT2D eigenvalue weighted by Crippen LogP contribution is -2.55. The molecule has 9 nitrogen and oxygen atoms in total. The summed E-state index contributed by atoms with van der Waals surface area (Å²) in [6.45, 7) is 2.29. The zero-order valence-corrected chi connectivity index (χ0v) is 19.5. The molecule has 11 heteroatoms. The quantitative estimate of drug-likeness (QED) is 0.657. The maximum Gasteiger partial charge on any atom is 0.325 e. The van der Waals surface area contributed by atoms with Gasteiger partial charge in [0.2, 0.25) is 15.9 Å². The Morgan fingerprint density at radius 2 is 1.78 bits per heavy atom. The van der Waals surface area contributed by atoms with Crippen LogP contribution in [-0.4, -0.2) is 78.6 Å². The molecule has 1 aliphatic carbocycles. The number of piperazine rings is 1. The normalized spacial score (nSPS) is 27.1. The zero-order chi connectivity index (χ0) is 23.1. The van der Waals surface area contributed by atoms with Crippen LogP contribution in [0.25, 0.3) is 0 Å². The highest BCUT2D eigenvalue weighted by molar-refractivity contribution is 7.89. The summed E-state index contributed by atoms with van der Waals surface area (Å²) >= 11 is 5.84. The lowest BCUT2D eigenvalue weighted by Gasteiger charge is -2.37. The van der Waals surface area contributed by atoms with E-state index in [4.69, 9.17) is 11.6 Å². The fourth-order valence-electron chi connectivity index (χ4n) is 4.81. The number of imide groups is 1. The standard InChI is InChI=1S/C21H27ClN4O5S/c1-15-4-2-3-9-21(15)19(28)26(20(29)23-21)14-18(27)24-10-12-25(13-11-24)32(30,31)17-7-5-16(22)6-8-17/h5-8,15H,2-4,9-14H2,1H3,(H,23,29). The van der Waals surface area contributed by atoms with E-state index >= 15 is 0 Å². The van der Waals surface area contributed by atoms with E-state index in [1.807, 2.05) is 6.92 Å². The van der Waals surface area contributed by atoms with Crippen LogP contribution in [0, 0.1) is 5.92 Å². The smallest absolute Gasteiger partial charge is 0.325 e. The lowest BCUT2D eigenvalue weighted by atomic mass is 9.73. The van der Waals surface area contributed by atoms with Crippen molar-refractivity contribution in [1.82, 2.24) is 19.4 Å². The van der Waals surface area contributed by atoms with Gasteiger partial charge in [-0.1, -0.05) is 31.4 Å². The van der Waals surface area contributed by atoms with Gasteiger partial charge in [0.15, 0.2) is 0 Å². The molecule has 2 saturated heterocycles. The van der Waals surface area contributed by atoms with Gasteiger partial charge in [-0.3, -0.25) is 14.5 Å². The van der Waals surface area contributed by atoms with Crippen LogP contribution in [-0.2, 0) is 19.6 Å². The van der Waals surface area contributed by atoms with Crippen molar-refractivity contribution in [1.29, 1.82) is 0 Å². The summed E-state index contributed by atoms with van der Waals surface area (Å²) in [4.78, 5) is 41.1. The molecule has 0 aromatic heterocycles. The number of hydrogen-bond donors (Lipinski definition) is 1. The van der Waals surface area contributed by atoms with E-state index in [1.54, 1.807) is 0 Å². The van der Waals surface area contributed by atoms with Crippen LogP contribution in [0.5, 0.6) is 0 Å². The first-order valence-electron chi connectivity index (χ1n) is 10.8. The number of rotatable bonds is 4. The van der Waals surface area contributed by atoms with Crippen molar-refractivity contribution in [2.75, 3.05) is 32.7 Å². The minimum atomic E-state index is -3.68. The third kappa shape index (κ3) is 3.99. The van der Waals surface area contributed by atoms with Crippen molar-refractivity contribution in [3.63, 3.8) is 0 Å². The monoisotopic (exact) mass is 482 g/mol. The Morgan fingerprint density at radius 1 is 1.12 bits per heavy atom. The van der Waals surface area contributed by atoms with Gasteiger partial charge >= 0.3 is 6.03 Å². The molecule has 1 spiro atoms. The molecule has 1 aromatic rings. The lowest BCUT2D eigenvalue weighted by molar-refractivity contribution is -0.141. The minimum absolute atomic E-state index is 0.0226. The Labute approximate surface area is 192 Å². The fourth-order valence-corrected chi connectivity index (χ4v) is 6.36. The van der Waals surface area contributed by atoms with Gasteiger partial charge in [0.05, 0.1) is 4.90 Å². The second-order valence-electron chi connectivity index (χ2n) is 8.68. The second-order valence-corrected chi connectivity index (χ2v) is 11.1. The maximum absolute atomic E-state index is 13.1. The third-order valence-electron chi connectivity index (χ3n) is 6.84. The molecule has 4 rings (SSSR count). The molecule has 4 amide bonds. The van der Waals surface area contributed by atoms with Crippen LogP contribution in [0.15, 0.2) is 29.2 Å². The van der Waals surface area contributed by atoms with E-state index in [0.29, 0.717) is 11.4 Å². The van der Waals surface area contributed by atoms with Gasteiger partial charge in [-0.15, -0.1) is 0 Å². The number of carbonyl (C=O) groups is 3. The van der Waals surface area contributed by atoms with Gasteiger partial charge in [-0.25, -0.2) is 13.2 Å². The summed E-state index contributed by atoms with van der Waals surface area (Å²) in [6.07, 6.45) is 3.33. The van der Waals surface area contributed by atoms with Crippen LogP contribution < -0.4 is 5.32 Å². The maximum atomic E-state index is 13.1. The van der Waals surface area contributed by atoms with Gasteiger partial charge in [-0.2, -0.15) is 4.31 Å². The highest BCUT2D eigenvalue weighted by atomic mass is 35.5. The largest absolute Gasteiger partial charge is 0.338 e. The predicted molar refractivity (Wildman–Crippen MR) is 117 cm³/mol. The Balaban J connectivity index is 1.37. The molecule has 2 atom stereocenters. The Bertz CT molecular complexity index is 1020. The molecule has 174 valence electrons. The second kappa shape index (κ2) is 8.64. The first-order chi connectivity index (χ1) is 15.1. The molecule has 1 aromatic carbocycles. The summed E-state index contributed by atoms with van der Waals surface area (Å²) in [5, 5.41) is 3.29. The summed E-state index contributed by atoms with van der Waals surface area (Å²) in [7, 11) is -3.68. The molecule has 32 heavy (non-hydrogen) atoms. The van der Waals surface area contributed by atoms with Gasteiger partial charge in [0, 0.05) is 31.2 Å². The molecular weight excluding hydrogens is 456 g/mol. The summed E-state index contributed by atoms with van der Waals surface area (Å²) in [6, 6.07) is 5.42. The fraction of sp³-hybridized carbons (Fsp3) is 0.571. The van der Waals surface area contributed by atoms with Crippen LogP contribution in [0.3, 0.4) is 0 Å². The zero-order valence-electron chi connectivity index (χ0n) is 17.9. The summed E-state index contributed by atoms with van der Waals surface area (Å²) in [5.41, 5.74) is -0.902. The molecule has 0 bridgehead atoms. The number of nitrogens with one attached hydrogen (secondary N) is 1. The molecule has 0 radical (unpaired) electrons. The highest BCUT2D eigenvalue weighted by Crippen LogP contribution is 2.38. The Kier molecular flexibility index (Phi) is 6.21. The number of benzene rings is 1. The van der Waals surface area contributed by atoms with Crippen LogP contribution >= 0.6 is 11.6 Å². The van der Waals surface area contributed by atoms with E-state index < -0.39 is 21.6 Å². The number of hydrogen-bond acceptors (Lipinski definition) is 5. The first kappa shape index (κ1) is 23.0. The first-order valence-corrected chi connectivity index (χ1v) is 12.6. The van der Waals surface area contributed by atoms with Crippen molar-refractivity contribution in [2.24, 2.45) is 5.92 Å². The number of sulfonamides is 1. The molecular formula is C21H27ClN4O5S. The Hall–Kier alpha value is -2.17. The third-order valence-corrected chi connectivity index (χ3v) is 9.00. The topological polar surface area (TPSA) is 107 Å². The molecule has 2 unspecified atom stereocenters. The van der Waals surface area contributed by atoms with Crippen molar-refractivity contribution >= 4 is 39.5 Å². The van der Waals surface area contributed by atoms with Crippen LogP contribution in [0.2, 0.25) is 5.02 Å². The van der Waals surface area contributed by atoms with Gasteiger partial charge in [-0.05, 0) is 43.0 Å². The summed E-state index contributed by atoms with van der Waals surface area (Å²) < 4.78 is 27.0. The Morgan fingerprint density at radius 3 is 2.41 bits per heavy atom. The van der Waals surface area contributed by atoms with E-state index in [9.17, 15) is 22.8 Å². The predicted octanol–water partition coefficient (Wildman–Crippen LogP) is 1.67. The molecule has 2 aliphatic heterocycles. The van der Waals surface area contributed by atoms with Gasteiger partial charge in [0.25, 0.3) is 5.91 Å². The molecule has 1 N–H and O–H groups in total. The number of nitrogens with zero attached hydrogens (tertiary/aromatic N) is 3. The van der Waals surface area contributed by atoms with Crippen molar-refractivity contribution < 1.29 is 22.8 Å². The molecule has 1 saturated carbocycles. The van der Waals surface area contributed by atoms with E-state index in [0.717, 1.165) is 24.2 Å². The molecule has 3 aliphatic rings. The SMILES string of the molecule is CC1CCCCC12NC(=O)N(CC(=O)N1CCN(S(=O)(=O)c3ccc(Cl)cc3)CC1)C2=O. The molecule has 2 heterocycles. The van der Waals surface area contributed by atoms with E-state index in [1.165, 1.54) is 33.5 Å². The van der Waals surface area contributed by atoms with E-state index in [-0.39, 0.29) is 55.4 Å². The van der Waals surface area contributed by atoms with Gasteiger partial charge in [0.1, 0.15) is 12.1 Å². The number of halogens is 1. The number of urea groups is 1. The summed E-state index contributed by atoms with van der Waals surface area (Å²) in [5.74, 6) is -0.668. The molecule has 3 fully saturated rings. The van der Waals surface area contributed by atoms with Crippen molar-refractivity contribution in [3.05, 3.63) is 29.3 Å². The average molecular weight is 483 g/mol. The van der Waals surface area contributed by atoms with Gasteiger partial charge < -0.3 is 10.2 Å². The highest BCUT2D eigenvalue weighted by Gasteiger charge is 2.55. The van der Waals surface area contributed by atoms with E-state index in [2.05, 4.69) is 5.32 Å². The van der Waals surface area contributed by atoms with Crippen molar-refractivity contribution in [2.45, 2.75) is 43.0 Å². The van der Waals surface area contributed by atoms with Crippen LogP contribution in [0.1, 0.15) is 32.6 Å². The van der Waals surface area contributed by atoms with Crippen molar-refractivity contribution in [3.8, 4) is 0 Å². The number of amides is 4. The minimum Gasteiger partial charge on any atom is -0.338 e. The average Bonchev–Trinajstić information content (AvgIpc) is 3.01.